The van der Waals surface area contributed by atoms with E-state index in [4.69, 9.17) is 14.6 Å². The largest absolute Gasteiger partial charge is 0.490 e. The molecule has 0 aliphatic carbocycles. The van der Waals surface area contributed by atoms with E-state index in [1.54, 1.807) is 18.2 Å². The molecule has 0 unspecified atom stereocenters. The number of aliphatic hydroxyl groups excluding tert-OH is 1. The van der Waals surface area contributed by atoms with E-state index in [9.17, 15) is 8.42 Å². The van der Waals surface area contributed by atoms with Gasteiger partial charge in [0, 0.05) is 32.7 Å². The van der Waals surface area contributed by atoms with Gasteiger partial charge in [0.25, 0.3) is 0 Å². The van der Waals surface area contributed by atoms with Crippen LogP contribution in [0.4, 0.5) is 5.69 Å². The Hall–Kier alpha value is -1.51. The van der Waals surface area contributed by atoms with Gasteiger partial charge in [-0.05, 0) is 18.6 Å². The van der Waals surface area contributed by atoms with Crippen molar-refractivity contribution >= 4 is 15.9 Å². The maximum absolute atomic E-state index is 12.1. The molecule has 0 saturated heterocycles. The zero-order chi connectivity index (χ0) is 15.3. The quantitative estimate of drug-likeness (QED) is 0.811. The third-order valence-corrected chi connectivity index (χ3v) is 4.53. The van der Waals surface area contributed by atoms with Crippen LogP contribution in [0.3, 0.4) is 0 Å². The first kappa shape index (κ1) is 15.9. The topological polar surface area (TPSA) is 88.1 Å². The third kappa shape index (κ3) is 4.23. The number of benzene rings is 1. The standard InChI is InChI=1S/C13H20N2O5S/c1-15(6-2-7-16)21(17,18)14-11-4-5-12-13(10-11)20-9-3-8-19-12/h4-5,10,14,16H,2-3,6-9H2,1H3. The number of aliphatic hydroxyl groups is 1. The Morgan fingerprint density at radius 2 is 2.00 bits per heavy atom. The van der Waals surface area contributed by atoms with Crippen LogP contribution >= 0.6 is 0 Å². The summed E-state index contributed by atoms with van der Waals surface area (Å²) in [6, 6.07) is 4.93. The van der Waals surface area contributed by atoms with Crippen molar-refractivity contribution in [2.24, 2.45) is 0 Å². The van der Waals surface area contributed by atoms with Crippen LogP contribution < -0.4 is 14.2 Å². The fraction of sp³-hybridized carbons (Fsp3) is 0.538. The van der Waals surface area contributed by atoms with Crippen molar-refractivity contribution in [1.29, 1.82) is 0 Å². The van der Waals surface area contributed by atoms with Gasteiger partial charge < -0.3 is 14.6 Å². The van der Waals surface area contributed by atoms with Crippen molar-refractivity contribution in [2.45, 2.75) is 12.8 Å². The van der Waals surface area contributed by atoms with Crippen LogP contribution in [-0.4, -0.2) is 51.2 Å². The van der Waals surface area contributed by atoms with Gasteiger partial charge >= 0.3 is 10.2 Å². The molecule has 0 radical (unpaired) electrons. The molecular formula is C13H20N2O5S. The van der Waals surface area contributed by atoms with Crippen LogP contribution in [0.2, 0.25) is 0 Å². The summed E-state index contributed by atoms with van der Waals surface area (Å²) in [6.45, 7) is 1.32. The van der Waals surface area contributed by atoms with Crippen molar-refractivity contribution in [2.75, 3.05) is 38.1 Å². The highest BCUT2D eigenvalue weighted by Crippen LogP contribution is 2.32. The molecule has 2 N–H and O–H groups in total. The van der Waals surface area contributed by atoms with Crippen LogP contribution in [0.5, 0.6) is 11.5 Å². The van der Waals surface area contributed by atoms with Crippen molar-refractivity contribution in [3.05, 3.63) is 18.2 Å². The molecule has 0 atom stereocenters. The second-order valence-corrected chi connectivity index (χ2v) is 6.50. The molecule has 1 aromatic carbocycles. The van der Waals surface area contributed by atoms with E-state index in [0.29, 0.717) is 36.8 Å². The normalized spacial score (nSPS) is 14.8. The molecule has 118 valence electrons. The van der Waals surface area contributed by atoms with Gasteiger partial charge in [-0.25, -0.2) is 0 Å². The molecule has 0 amide bonds. The molecule has 7 nitrogen and oxygen atoms in total. The zero-order valence-electron chi connectivity index (χ0n) is 11.9. The predicted molar refractivity (Wildman–Crippen MR) is 78.9 cm³/mol. The molecule has 2 rings (SSSR count). The Bertz CT molecular complexity index is 576. The van der Waals surface area contributed by atoms with E-state index < -0.39 is 10.2 Å². The highest BCUT2D eigenvalue weighted by molar-refractivity contribution is 7.90. The fourth-order valence-corrected chi connectivity index (χ4v) is 2.82. The van der Waals surface area contributed by atoms with Gasteiger partial charge in [0.05, 0.1) is 18.9 Å². The molecule has 8 heteroatoms. The Kier molecular flexibility index (Phi) is 5.27. The first-order valence-electron chi connectivity index (χ1n) is 6.77. The van der Waals surface area contributed by atoms with Crippen molar-refractivity contribution in [3.63, 3.8) is 0 Å². The van der Waals surface area contributed by atoms with Crippen molar-refractivity contribution < 1.29 is 23.0 Å². The summed E-state index contributed by atoms with van der Waals surface area (Å²) in [4.78, 5) is 0. The Morgan fingerprint density at radius 1 is 1.29 bits per heavy atom. The van der Waals surface area contributed by atoms with Crippen molar-refractivity contribution in [1.82, 2.24) is 4.31 Å². The van der Waals surface area contributed by atoms with Gasteiger partial charge in [0.1, 0.15) is 0 Å². The first-order chi connectivity index (χ1) is 10.0. The third-order valence-electron chi connectivity index (χ3n) is 3.04. The van der Waals surface area contributed by atoms with E-state index in [1.165, 1.54) is 7.05 Å². The molecule has 21 heavy (non-hydrogen) atoms. The van der Waals surface area contributed by atoms with Gasteiger partial charge in [-0.1, -0.05) is 0 Å². The van der Waals surface area contributed by atoms with Gasteiger partial charge in [-0.2, -0.15) is 12.7 Å². The molecule has 0 bridgehead atoms. The molecule has 1 aliphatic rings. The van der Waals surface area contributed by atoms with E-state index in [-0.39, 0.29) is 13.2 Å². The molecule has 0 saturated carbocycles. The summed E-state index contributed by atoms with van der Waals surface area (Å²) in [5.41, 5.74) is 0.412. The van der Waals surface area contributed by atoms with E-state index in [2.05, 4.69) is 4.72 Å². The number of hydrogen-bond acceptors (Lipinski definition) is 5. The van der Waals surface area contributed by atoms with Crippen LogP contribution in [0.15, 0.2) is 18.2 Å². The lowest BCUT2D eigenvalue weighted by atomic mass is 10.3. The number of fused-ring (bicyclic) bond motifs is 1. The Labute approximate surface area is 124 Å². The van der Waals surface area contributed by atoms with Crippen LogP contribution in [-0.2, 0) is 10.2 Å². The van der Waals surface area contributed by atoms with Gasteiger partial charge in [-0.15, -0.1) is 0 Å². The highest BCUT2D eigenvalue weighted by Gasteiger charge is 2.18. The highest BCUT2D eigenvalue weighted by atomic mass is 32.2. The summed E-state index contributed by atoms with van der Waals surface area (Å²) in [7, 11) is -2.19. The lowest BCUT2D eigenvalue weighted by molar-refractivity contribution is 0.276. The second-order valence-electron chi connectivity index (χ2n) is 4.72. The monoisotopic (exact) mass is 316 g/mol. The number of nitrogens with one attached hydrogen (secondary N) is 1. The Balaban J connectivity index is 2.10. The molecule has 0 aromatic heterocycles. The molecule has 1 aliphatic heterocycles. The van der Waals surface area contributed by atoms with Crippen LogP contribution in [0.1, 0.15) is 12.8 Å². The number of rotatable bonds is 6. The van der Waals surface area contributed by atoms with Crippen molar-refractivity contribution in [3.8, 4) is 11.5 Å². The summed E-state index contributed by atoms with van der Waals surface area (Å²) in [6.07, 6.45) is 1.18. The zero-order valence-corrected chi connectivity index (χ0v) is 12.7. The minimum atomic E-state index is -3.65. The first-order valence-corrected chi connectivity index (χ1v) is 8.21. The van der Waals surface area contributed by atoms with Crippen LogP contribution in [0.25, 0.3) is 0 Å². The lowest BCUT2D eigenvalue weighted by Crippen LogP contribution is -2.33. The maximum Gasteiger partial charge on any atom is 0.301 e. The average molecular weight is 316 g/mol. The van der Waals surface area contributed by atoms with Gasteiger partial charge in [0.15, 0.2) is 11.5 Å². The number of anilines is 1. The molecule has 0 fully saturated rings. The maximum atomic E-state index is 12.1. The van der Waals surface area contributed by atoms with E-state index >= 15 is 0 Å². The predicted octanol–water partition coefficient (Wildman–Crippen LogP) is 0.819. The number of ether oxygens (including phenoxy) is 2. The molecular weight excluding hydrogens is 296 g/mol. The molecule has 0 spiro atoms. The Morgan fingerprint density at radius 3 is 2.71 bits per heavy atom. The van der Waals surface area contributed by atoms with Gasteiger partial charge in [0.2, 0.25) is 0 Å². The minimum Gasteiger partial charge on any atom is -0.490 e. The lowest BCUT2D eigenvalue weighted by Gasteiger charge is -2.18. The average Bonchev–Trinajstić information content (AvgIpc) is 2.69. The summed E-state index contributed by atoms with van der Waals surface area (Å²) in [5.74, 6) is 1.15. The second kappa shape index (κ2) is 6.97. The number of hydrogen-bond donors (Lipinski definition) is 2. The molecule has 1 heterocycles. The smallest absolute Gasteiger partial charge is 0.301 e. The summed E-state index contributed by atoms with van der Waals surface area (Å²) < 4.78 is 38.9. The SMILES string of the molecule is CN(CCCO)S(=O)(=O)Nc1ccc2c(c1)OCCCO2. The molecule has 1 aromatic rings. The van der Waals surface area contributed by atoms with E-state index in [1.807, 2.05) is 0 Å². The number of nitrogens with zero attached hydrogens (tertiary/aromatic N) is 1. The minimum absolute atomic E-state index is 0.0517. The van der Waals surface area contributed by atoms with E-state index in [0.717, 1.165) is 10.7 Å². The summed E-state index contributed by atoms with van der Waals surface area (Å²) >= 11 is 0. The summed E-state index contributed by atoms with van der Waals surface area (Å²) in [5, 5.41) is 8.76. The van der Waals surface area contributed by atoms with Crippen LogP contribution in [0, 0.1) is 0 Å². The fourth-order valence-electron chi connectivity index (χ4n) is 1.87. The van der Waals surface area contributed by atoms with Gasteiger partial charge in [-0.3, -0.25) is 4.72 Å².